The van der Waals surface area contributed by atoms with E-state index in [4.69, 9.17) is 0 Å². The Morgan fingerprint density at radius 3 is 2.06 bits per heavy atom. The van der Waals surface area contributed by atoms with E-state index in [2.05, 4.69) is 53.9 Å². The summed E-state index contributed by atoms with van der Waals surface area (Å²) in [4.78, 5) is 38.0. The van der Waals surface area contributed by atoms with Gasteiger partial charge in [0.15, 0.2) is 0 Å². The minimum atomic E-state index is -0.346. The number of carbonyl (C=O) groups is 3. The molecule has 3 amide bonds. The zero-order valence-electron chi connectivity index (χ0n) is 20.5. The number of hydrazine groups is 1. The number of hydrogen-bond acceptors (Lipinski definition) is 4. The van der Waals surface area contributed by atoms with Crippen molar-refractivity contribution in [3.05, 3.63) is 28.8 Å². The van der Waals surface area contributed by atoms with E-state index < -0.39 is 0 Å². The van der Waals surface area contributed by atoms with Crippen LogP contribution in [0.25, 0.3) is 0 Å². The zero-order chi connectivity index (χ0) is 24.0. The predicted molar refractivity (Wildman–Crippen MR) is 124 cm³/mol. The van der Waals surface area contributed by atoms with Gasteiger partial charge >= 0.3 is 0 Å². The van der Waals surface area contributed by atoms with E-state index in [0.29, 0.717) is 30.9 Å². The second-order valence-corrected chi connectivity index (χ2v) is 11.7. The molecule has 3 atom stereocenters. The molecule has 176 valence electrons. The van der Waals surface area contributed by atoms with Gasteiger partial charge in [-0.2, -0.15) is 5.01 Å². The molecule has 2 aliphatic rings. The van der Waals surface area contributed by atoms with Crippen molar-refractivity contribution in [1.82, 2.24) is 10.4 Å². The SMILES string of the molecule is CC1CCC2C(=O)N(NC(=O)CCc3cc(C(C)(C)C)c(O)c(C(C)(C)C)c3)C(=O)C2C1. The summed E-state index contributed by atoms with van der Waals surface area (Å²) < 4.78 is 0. The third-order valence-electron chi connectivity index (χ3n) is 6.85. The first-order valence-electron chi connectivity index (χ1n) is 11.7. The number of nitrogens with zero attached hydrogens (tertiary/aromatic N) is 1. The van der Waals surface area contributed by atoms with Crippen molar-refractivity contribution >= 4 is 17.7 Å². The molecule has 0 spiro atoms. The number of benzene rings is 1. The highest BCUT2D eigenvalue weighted by Crippen LogP contribution is 2.41. The van der Waals surface area contributed by atoms with Crippen LogP contribution < -0.4 is 5.43 Å². The van der Waals surface area contributed by atoms with Crippen molar-refractivity contribution in [1.29, 1.82) is 0 Å². The monoisotopic (exact) mass is 442 g/mol. The standard InChI is InChI=1S/C26H38N2O4/c1-15-8-10-17-18(12-15)24(32)28(23(17)31)27-21(29)11-9-16-13-19(25(2,3)4)22(30)20(14-16)26(5,6)7/h13-15,17-18,30H,8-12H2,1-7H3,(H,27,29). The first-order chi connectivity index (χ1) is 14.7. The largest absolute Gasteiger partial charge is 0.507 e. The molecule has 0 radical (unpaired) electrons. The van der Waals surface area contributed by atoms with Gasteiger partial charge in [-0.15, -0.1) is 0 Å². The van der Waals surface area contributed by atoms with Crippen LogP contribution in [0, 0.1) is 17.8 Å². The number of nitrogens with one attached hydrogen (secondary N) is 1. The summed E-state index contributed by atoms with van der Waals surface area (Å²) in [5, 5.41) is 11.8. The maximum atomic E-state index is 12.7. The lowest BCUT2D eigenvalue weighted by Crippen LogP contribution is -2.46. The first kappa shape index (κ1) is 24.3. The summed E-state index contributed by atoms with van der Waals surface area (Å²) in [5.74, 6) is -0.742. The van der Waals surface area contributed by atoms with E-state index in [0.717, 1.165) is 28.1 Å². The van der Waals surface area contributed by atoms with E-state index in [9.17, 15) is 19.5 Å². The molecule has 1 aromatic rings. The molecule has 2 N–H and O–H groups in total. The Morgan fingerprint density at radius 1 is 1.00 bits per heavy atom. The topological polar surface area (TPSA) is 86.7 Å². The maximum Gasteiger partial charge on any atom is 0.252 e. The van der Waals surface area contributed by atoms with Gasteiger partial charge in [-0.05, 0) is 59.1 Å². The average molecular weight is 443 g/mol. The Balaban J connectivity index is 1.72. The highest BCUT2D eigenvalue weighted by molar-refractivity contribution is 6.06. The van der Waals surface area contributed by atoms with Gasteiger partial charge in [0.1, 0.15) is 5.75 Å². The van der Waals surface area contributed by atoms with Crippen LogP contribution in [0.2, 0.25) is 0 Å². The van der Waals surface area contributed by atoms with Crippen LogP contribution in [0.15, 0.2) is 12.1 Å². The van der Waals surface area contributed by atoms with Gasteiger partial charge in [-0.25, -0.2) is 0 Å². The van der Waals surface area contributed by atoms with Gasteiger partial charge in [0, 0.05) is 6.42 Å². The van der Waals surface area contributed by atoms with E-state index in [1.165, 1.54) is 0 Å². The highest BCUT2D eigenvalue weighted by atomic mass is 16.3. The molecule has 1 aromatic carbocycles. The van der Waals surface area contributed by atoms with Crippen LogP contribution in [0.1, 0.15) is 90.8 Å². The van der Waals surface area contributed by atoms with E-state index in [1.807, 2.05) is 12.1 Å². The molecule has 3 unspecified atom stereocenters. The molecule has 1 saturated heterocycles. The van der Waals surface area contributed by atoms with Crippen molar-refractivity contribution < 1.29 is 19.5 Å². The Morgan fingerprint density at radius 2 is 1.53 bits per heavy atom. The van der Waals surface area contributed by atoms with Crippen LogP contribution in [0.5, 0.6) is 5.75 Å². The van der Waals surface area contributed by atoms with E-state index in [1.54, 1.807) is 0 Å². The predicted octanol–water partition coefficient (Wildman–Crippen LogP) is 4.37. The molecule has 1 aliphatic carbocycles. The van der Waals surface area contributed by atoms with Crippen LogP contribution in [-0.2, 0) is 31.6 Å². The quantitative estimate of drug-likeness (QED) is 0.678. The number of rotatable bonds is 4. The van der Waals surface area contributed by atoms with Crippen molar-refractivity contribution in [2.45, 2.75) is 91.4 Å². The molecule has 3 rings (SSSR count). The fourth-order valence-electron chi connectivity index (χ4n) is 4.92. The molecular formula is C26H38N2O4. The minimum absolute atomic E-state index is 0.154. The molecule has 32 heavy (non-hydrogen) atoms. The number of imide groups is 1. The van der Waals surface area contributed by atoms with Gasteiger partial charge in [0.2, 0.25) is 5.91 Å². The number of phenols is 1. The molecule has 6 heteroatoms. The smallest absolute Gasteiger partial charge is 0.252 e. The van der Waals surface area contributed by atoms with Crippen LogP contribution in [0.4, 0.5) is 0 Å². The third kappa shape index (κ3) is 4.84. The maximum absolute atomic E-state index is 12.7. The second-order valence-electron chi connectivity index (χ2n) is 11.7. The van der Waals surface area contributed by atoms with Gasteiger partial charge < -0.3 is 5.11 Å². The molecular weight excluding hydrogens is 404 g/mol. The fourth-order valence-corrected chi connectivity index (χ4v) is 4.92. The van der Waals surface area contributed by atoms with Gasteiger partial charge in [-0.1, -0.05) is 60.6 Å². The molecule has 1 saturated carbocycles. The summed E-state index contributed by atoms with van der Waals surface area (Å²) in [5.41, 5.74) is 4.73. The fraction of sp³-hybridized carbons (Fsp3) is 0.654. The lowest BCUT2D eigenvalue weighted by atomic mass is 9.76. The van der Waals surface area contributed by atoms with Gasteiger partial charge in [0.25, 0.3) is 11.8 Å². The molecule has 0 aromatic heterocycles. The average Bonchev–Trinajstić information content (AvgIpc) is 2.89. The number of phenolic OH excluding ortho intramolecular Hbond substituents is 1. The van der Waals surface area contributed by atoms with Gasteiger partial charge in [-0.3, -0.25) is 19.8 Å². The minimum Gasteiger partial charge on any atom is -0.507 e. The number of carbonyl (C=O) groups excluding carboxylic acids is 3. The second kappa shape index (κ2) is 8.53. The Bertz CT molecular complexity index is 888. The molecule has 1 aliphatic heterocycles. The number of amides is 3. The molecule has 0 bridgehead atoms. The van der Waals surface area contributed by atoms with Crippen LogP contribution in [-0.4, -0.2) is 27.8 Å². The van der Waals surface area contributed by atoms with Crippen molar-refractivity contribution in [3.63, 3.8) is 0 Å². The summed E-state index contributed by atoms with van der Waals surface area (Å²) in [6, 6.07) is 3.92. The van der Waals surface area contributed by atoms with E-state index >= 15 is 0 Å². The third-order valence-corrected chi connectivity index (χ3v) is 6.85. The van der Waals surface area contributed by atoms with Crippen molar-refractivity contribution in [3.8, 4) is 5.75 Å². The zero-order valence-corrected chi connectivity index (χ0v) is 20.5. The molecule has 1 heterocycles. The van der Waals surface area contributed by atoms with E-state index in [-0.39, 0.29) is 46.8 Å². The number of hydrogen-bond donors (Lipinski definition) is 2. The Labute approximate surface area is 191 Å². The number of fused-ring (bicyclic) bond motifs is 1. The van der Waals surface area contributed by atoms with Gasteiger partial charge in [0.05, 0.1) is 11.8 Å². The van der Waals surface area contributed by atoms with Crippen molar-refractivity contribution in [2.24, 2.45) is 17.8 Å². The lowest BCUT2D eigenvalue weighted by molar-refractivity contribution is -0.149. The Hall–Kier alpha value is -2.37. The summed E-state index contributed by atoms with van der Waals surface area (Å²) >= 11 is 0. The summed E-state index contributed by atoms with van der Waals surface area (Å²) in [7, 11) is 0. The Kier molecular flexibility index (Phi) is 6.47. The summed E-state index contributed by atoms with van der Waals surface area (Å²) in [6.45, 7) is 14.4. The molecule has 2 fully saturated rings. The van der Waals surface area contributed by atoms with Crippen molar-refractivity contribution in [2.75, 3.05) is 0 Å². The normalized spacial score (nSPS) is 24.0. The summed E-state index contributed by atoms with van der Waals surface area (Å²) in [6.07, 6.45) is 2.97. The lowest BCUT2D eigenvalue weighted by Gasteiger charge is -2.28. The highest BCUT2D eigenvalue weighted by Gasteiger charge is 2.50. The number of aromatic hydroxyl groups is 1. The van der Waals surface area contributed by atoms with Crippen LogP contribution in [0.3, 0.4) is 0 Å². The first-order valence-corrected chi connectivity index (χ1v) is 11.7. The molecule has 6 nitrogen and oxygen atoms in total. The number of aryl methyl sites for hydroxylation is 1. The van der Waals surface area contributed by atoms with Crippen LogP contribution >= 0.6 is 0 Å².